The Morgan fingerprint density at radius 1 is 1.26 bits per heavy atom. The smallest absolute Gasteiger partial charge is 0.246 e. The molecule has 1 N–H and O–H groups in total. The zero-order valence-electron chi connectivity index (χ0n) is 10.5. The summed E-state index contributed by atoms with van der Waals surface area (Å²) in [5, 5.41) is 3.61. The summed E-state index contributed by atoms with van der Waals surface area (Å²) in [6.45, 7) is 3.17. The van der Waals surface area contributed by atoms with E-state index in [9.17, 15) is 12.8 Å². The molecule has 0 aliphatic carbocycles. The van der Waals surface area contributed by atoms with Crippen molar-refractivity contribution in [2.24, 2.45) is 0 Å². The Labute approximate surface area is 110 Å². The van der Waals surface area contributed by atoms with Crippen LogP contribution in [0.3, 0.4) is 0 Å². The fraction of sp³-hybridized carbons (Fsp3) is 0.250. The second-order valence-corrected chi connectivity index (χ2v) is 5.81. The number of sulfonamides is 1. The number of nitrogens with zero attached hydrogens (tertiary/aromatic N) is 1. The van der Waals surface area contributed by atoms with Crippen molar-refractivity contribution in [2.75, 3.05) is 0 Å². The highest BCUT2D eigenvalue weighted by atomic mass is 32.2. The van der Waals surface area contributed by atoms with Crippen LogP contribution in [0.1, 0.15) is 17.0 Å². The monoisotopic (exact) mass is 284 g/mol. The molecule has 1 aromatic carbocycles. The SMILES string of the molecule is Cc1noc(C)c1S(=O)(=O)NCc1ccc(F)cc1. The van der Waals surface area contributed by atoms with E-state index in [1.807, 2.05) is 0 Å². The normalized spacial score (nSPS) is 11.7. The Morgan fingerprint density at radius 3 is 2.42 bits per heavy atom. The Hall–Kier alpha value is -1.73. The highest BCUT2D eigenvalue weighted by Gasteiger charge is 2.23. The molecule has 1 aromatic heterocycles. The van der Waals surface area contributed by atoms with Crippen LogP contribution in [0.25, 0.3) is 0 Å². The molecule has 2 rings (SSSR count). The molecule has 7 heteroatoms. The van der Waals surface area contributed by atoms with Gasteiger partial charge in [0.2, 0.25) is 10.0 Å². The van der Waals surface area contributed by atoms with Gasteiger partial charge in [0, 0.05) is 6.54 Å². The molecular formula is C12H13FN2O3S. The largest absolute Gasteiger partial charge is 0.360 e. The second-order valence-electron chi connectivity index (χ2n) is 4.10. The summed E-state index contributed by atoms with van der Waals surface area (Å²) in [7, 11) is -3.69. The zero-order valence-corrected chi connectivity index (χ0v) is 11.3. The van der Waals surface area contributed by atoms with Crippen molar-refractivity contribution in [3.8, 4) is 0 Å². The van der Waals surface area contributed by atoms with Gasteiger partial charge in [-0.15, -0.1) is 0 Å². The third-order valence-corrected chi connectivity index (χ3v) is 4.26. The van der Waals surface area contributed by atoms with Gasteiger partial charge in [-0.25, -0.2) is 17.5 Å². The van der Waals surface area contributed by atoms with Gasteiger partial charge in [0.25, 0.3) is 0 Å². The number of benzene rings is 1. The predicted molar refractivity (Wildman–Crippen MR) is 66.4 cm³/mol. The lowest BCUT2D eigenvalue weighted by atomic mass is 10.2. The number of nitrogens with one attached hydrogen (secondary N) is 1. The molecule has 0 aliphatic rings. The van der Waals surface area contributed by atoms with Crippen molar-refractivity contribution >= 4 is 10.0 Å². The first-order valence-electron chi connectivity index (χ1n) is 5.57. The van der Waals surface area contributed by atoms with Gasteiger partial charge in [0.05, 0.1) is 0 Å². The minimum atomic E-state index is -3.69. The van der Waals surface area contributed by atoms with Crippen molar-refractivity contribution in [1.82, 2.24) is 9.88 Å². The first kappa shape index (κ1) is 13.7. The lowest BCUT2D eigenvalue weighted by Crippen LogP contribution is -2.24. The molecule has 0 aliphatic heterocycles. The summed E-state index contributed by atoms with van der Waals surface area (Å²) in [6.07, 6.45) is 0. The van der Waals surface area contributed by atoms with Crippen molar-refractivity contribution in [3.05, 3.63) is 47.1 Å². The van der Waals surface area contributed by atoms with Crippen LogP contribution < -0.4 is 4.72 Å². The summed E-state index contributed by atoms with van der Waals surface area (Å²) in [5.41, 5.74) is 0.973. The van der Waals surface area contributed by atoms with E-state index in [1.54, 1.807) is 6.92 Å². The molecule has 0 fully saturated rings. The minimum absolute atomic E-state index is 0.0506. The van der Waals surface area contributed by atoms with Gasteiger partial charge in [0.1, 0.15) is 16.4 Å². The molecule has 0 unspecified atom stereocenters. The van der Waals surface area contributed by atoms with Crippen LogP contribution in [0.15, 0.2) is 33.7 Å². The molecule has 2 aromatic rings. The van der Waals surface area contributed by atoms with Gasteiger partial charge in [0.15, 0.2) is 5.76 Å². The van der Waals surface area contributed by atoms with Crippen LogP contribution in [0.2, 0.25) is 0 Å². The van der Waals surface area contributed by atoms with Crippen LogP contribution in [0, 0.1) is 19.7 Å². The third-order valence-electron chi connectivity index (χ3n) is 2.62. The van der Waals surface area contributed by atoms with E-state index in [1.165, 1.54) is 31.2 Å². The van der Waals surface area contributed by atoms with Crippen LogP contribution in [-0.4, -0.2) is 13.6 Å². The Kier molecular flexibility index (Phi) is 3.68. The first-order chi connectivity index (χ1) is 8.90. The van der Waals surface area contributed by atoms with Crippen LogP contribution in [-0.2, 0) is 16.6 Å². The van der Waals surface area contributed by atoms with Gasteiger partial charge in [-0.3, -0.25) is 0 Å². The fourth-order valence-electron chi connectivity index (χ4n) is 1.71. The predicted octanol–water partition coefficient (Wildman–Crippen LogP) is 1.91. The summed E-state index contributed by atoms with van der Waals surface area (Å²) in [4.78, 5) is 0.0506. The van der Waals surface area contributed by atoms with Crippen LogP contribution in [0.4, 0.5) is 4.39 Å². The van der Waals surface area contributed by atoms with Gasteiger partial charge >= 0.3 is 0 Å². The molecule has 1 heterocycles. The summed E-state index contributed by atoms with van der Waals surface area (Å²) < 4.78 is 44.2. The summed E-state index contributed by atoms with van der Waals surface area (Å²) in [6, 6.07) is 5.59. The quantitative estimate of drug-likeness (QED) is 0.931. The second kappa shape index (κ2) is 5.10. The minimum Gasteiger partial charge on any atom is -0.360 e. The van der Waals surface area contributed by atoms with Crippen LogP contribution >= 0.6 is 0 Å². The number of rotatable bonds is 4. The van der Waals surface area contributed by atoms with Crippen molar-refractivity contribution < 1.29 is 17.3 Å². The lowest BCUT2D eigenvalue weighted by molar-refractivity contribution is 0.390. The van der Waals surface area contributed by atoms with E-state index < -0.39 is 10.0 Å². The maximum Gasteiger partial charge on any atom is 0.246 e. The van der Waals surface area contributed by atoms with E-state index in [0.29, 0.717) is 11.3 Å². The number of halogens is 1. The number of hydrogen-bond donors (Lipinski definition) is 1. The Balaban J connectivity index is 2.17. The number of aryl methyl sites for hydroxylation is 2. The van der Waals surface area contributed by atoms with Gasteiger partial charge in [-0.2, -0.15) is 0 Å². The average molecular weight is 284 g/mol. The molecule has 102 valence electrons. The van der Waals surface area contributed by atoms with Gasteiger partial charge in [-0.1, -0.05) is 17.3 Å². The molecule has 5 nitrogen and oxygen atoms in total. The standard InChI is InChI=1S/C12H13FN2O3S/c1-8-12(9(2)18-15-8)19(16,17)14-7-10-3-5-11(13)6-4-10/h3-6,14H,7H2,1-2H3. The summed E-state index contributed by atoms with van der Waals surface area (Å²) in [5.74, 6) is -0.124. The number of hydrogen-bond acceptors (Lipinski definition) is 4. The first-order valence-corrected chi connectivity index (χ1v) is 7.05. The molecule has 0 spiro atoms. The lowest BCUT2D eigenvalue weighted by Gasteiger charge is -2.06. The van der Waals surface area contributed by atoms with Gasteiger partial charge < -0.3 is 4.52 Å². The van der Waals surface area contributed by atoms with Crippen molar-refractivity contribution in [2.45, 2.75) is 25.3 Å². The average Bonchev–Trinajstić information content (AvgIpc) is 2.69. The maximum absolute atomic E-state index is 12.7. The molecular weight excluding hydrogens is 271 g/mol. The molecule has 0 atom stereocenters. The van der Waals surface area contributed by atoms with E-state index in [0.717, 1.165) is 0 Å². The van der Waals surface area contributed by atoms with E-state index >= 15 is 0 Å². The fourth-order valence-corrected chi connectivity index (χ4v) is 3.05. The molecule has 0 amide bonds. The van der Waals surface area contributed by atoms with E-state index in [4.69, 9.17) is 4.52 Å². The molecule has 0 saturated carbocycles. The van der Waals surface area contributed by atoms with Crippen molar-refractivity contribution in [3.63, 3.8) is 0 Å². The summed E-state index contributed by atoms with van der Waals surface area (Å²) >= 11 is 0. The number of aromatic nitrogens is 1. The highest BCUT2D eigenvalue weighted by Crippen LogP contribution is 2.18. The maximum atomic E-state index is 12.7. The topological polar surface area (TPSA) is 72.2 Å². The Morgan fingerprint density at radius 2 is 1.89 bits per heavy atom. The molecule has 19 heavy (non-hydrogen) atoms. The third kappa shape index (κ3) is 2.99. The van der Waals surface area contributed by atoms with Crippen LogP contribution in [0.5, 0.6) is 0 Å². The Bertz CT molecular complexity index is 658. The molecule has 0 bridgehead atoms. The van der Waals surface area contributed by atoms with E-state index in [-0.39, 0.29) is 23.0 Å². The van der Waals surface area contributed by atoms with Gasteiger partial charge in [-0.05, 0) is 31.5 Å². The van der Waals surface area contributed by atoms with Crippen molar-refractivity contribution in [1.29, 1.82) is 0 Å². The molecule has 0 radical (unpaired) electrons. The highest BCUT2D eigenvalue weighted by molar-refractivity contribution is 7.89. The van der Waals surface area contributed by atoms with E-state index in [2.05, 4.69) is 9.88 Å². The zero-order chi connectivity index (χ0) is 14.0. The molecule has 0 saturated heterocycles.